The number of unbranched alkanes of at least 4 members (excludes halogenated alkanes) is 2. The van der Waals surface area contributed by atoms with Crippen molar-refractivity contribution < 1.29 is 0 Å². The van der Waals surface area contributed by atoms with Crippen molar-refractivity contribution in [2.24, 2.45) is 0 Å². The fourth-order valence-corrected chi connectivity index (χ4v) is 14.0. The van der Waals surface area contributed by atoms with Crippen LogP contribution in [0.1, 0.15) is 71.6 Å². The molecule has 0 heterocycles. The van der Waals surface area contributed by atoms with Crippen LogP contribution in [0.25, 0.3) is 0 Å². The van der Waals surface area contributed by atoms with Gasteiger partial charge in [-0.3, -0.25) is 0 Å². The second-order valence-corrected chi connectivity index (χ2v) is 14.1. The van der Waals surface area contributed by atoms with Gasteiger partial charge in [0.05, 0.1) is 0 Å². The van der Waals surface area contributed by atoms with E-state index >= 15 is 0 Å². The molecule has 1 saturated carbocycles. The minimum absolute atomic E-state index is 0.943. The zero-order chi connectivity index (χ0) is 10.9. The third kappa shape index (κ3) is 5.60. The standard InChI is InChI=1S/C6H11.2C4H9.Sn/c1-2-4-6-5-3-1;2*1-3-4-2;/h1H,2-6H2;2*1,3-4H2,2H3;. The van der Waals surface area contributed by atoms with E-state index in [9.17, 15) is 0 Å². The SMILES string of the molecule is CCC[CH2][Sn]([CH2]CCC)[CH]1CCCCC1. The van der Waals surface area contributed by atoms with E-state index in [2.05, 4.69) is 13.8 Å². The van der Waals surface area contributed by atoms with E-state index in [4.69, 9.17) is 0 Å². The summed E-state index contributed by atoms with van der Waals surface area (Å²) in [6.45, 7) is 4.73. The Morgan fingerprint density at radius 3 is 1.87 bits per heavy atom. The first-order valence-electron chi connectivity index (χ1n) is 7.23. The molecule has 0 aliphatic heterocycles. The van der Waals surface area contributed by atoms with Crippen molar-refractivity contribution in [1.82, 2.24) is 0 Å². The third-order valence-electron chi connectivity index (χ3n) is 3.89. The van der Waals surface area contributed by atoms with Crippen molar-refractivity contribution in [3.8, 4) is 0 Å². The van der Waals surface area contributed by atoms with Gasteiger partial charge in [0.15, 0.2) is 0 Å². The molecule has 0 N–H and O–H groups in total. The van der Waals surface area contributed by atoms with Gasteiger partial charge in [-0.15, -0.1) is 0 Å². The van der Waals surface area contributed by atoms with Crippen LogP contribution in [0.4, 0.5) is 0 Å². The van der Waals surface area contributed by atoms with E-state index in [-0.39, 0.29) is 0 Å². The van der Waals surface area contributed by atoms with Crippen molar-refractivity contribution >= 4 is 19.8 Å². The predicted molar refractivity (Wildman–Crippen MR) is 72.0 cm³/mol. The second-order valence-electron chi connectivity index (χ2n) is 5.20. The molecule has 0 aromatic rings. The molecule has 0 aromatic carbocycles. The van der Waals surface area contributed by atoms with Gasteiger partial charge in [-0.25, -0.2) is 0 Å². The Bertz CT molecular complexity index is 130. The van der Waals surface area contributed by atoms with Gasteiger partial charge in [0.2, 0.25) is 0 Å². The third-order valence-corrected chi connectivity index (χ3v) is 14.5. The molecule has 1 aliphatic carbocycles. The van der Waals surface area contributed by atoms with Crippen LogP contribution in [0, 0.1) is 0 Å². The van der Waals surface area contributed by atoms with Gasteiger partial charge >= 0.3 is 104 Å². The summed E-state index contributed by atoms with van der Waals surface area (Å²) in [6.07, 6.45) is 13.9. The summed E-state index contributed by atoms with van der Waals surface area (Å²) in [6, 6.07) is 0. The fraction of sp³-hybridized carbons (Fsp3) is 1.00. The zero-order valence-corrected chi connectivity index (χ0v) is 13.7. The number of rotatable bonds is 7. The van der Waals surface area contributed by atoms with Crippen LogP contribution >= 0.6 is 0 Å². The van der Waals surface area contributed by atoms with Crippen molar-refractivity contribution in [3.05, 3.63) is 0 Å². The summed E-state index contributed by atoms with van der Waals surface area (Å²) in [5.74, 6) is 0. The van der Waals surface area contributed by atoms with Gasteiger partial charge in [0.1, 0.15) is 0 Å². The molecule has 0 nitrogen and oxygen atoms in total. The van der Waals surface area contributed by atoms with E-state index in [1.807, 2.05) is 0 Å². The summed E-state index contributed by atoms with van der Waals surface area (Å²) >= 11 is -0.943. The van der Waals surface area contributed by atoms with Gasteiger partial charge in [-0.1, -0.05) is 0 Å². The molecular formula is C14H29Sn. The monoisotopic (exact) mass is 317 g/mol. The zero-order valence-electron chi connectivity index (χ0n) is 10.9. The molecule has 0 atom stereocenters. The van der Waals surface area contributed by atoms with E-state index in [0.29, 0.717) is 0 Å². The van der Waals surface area contributed by atoms with Crippen LogP contribution < -0.4 is 0 Å². The normalized spacial score (nSPS) is 18.6. The molecule has 89 valence electrons. The van der Waals surface area contributed by atoms with Gasteiger partial charge < -0.3 is 0 Å². The van der Waals surface area contributed by atoms with Crippen LogP contribution in [-0.2, 0) is 0 Å². The molecule has 1 rings (SSSR count). The Balaban J connectivity index is 2.30. The van der Waals surface area contributed by atoms with E-state index in [1.54, 1.807) is 47.4 Å². The van der Waals surface area contributed by atoms with Crippen LogP contribution in [0.3, 0.4) is 0 Å². The summed E-state index contributed by atoms with van der Waals surface area (Å²) < 4.78 is 4.71. The summed E-state index contributed by atoms with van der Waals surface area (Å²) in [5.41, 5.74) is 0. The number of hydrogen-bond donors (Lipinski definition) is 0. The van der Waals surface area contributed by atoms with E-state index < -0.39 is 19.8 Å². The first-order valence-corrected chi connectivity index (χ1v) is 12.9. The average Bonchev–Trinajstić information content (AvgIpc) is 2.30. The van der Waals surface area contributed by atoms with Crippen molar-refractivity contribution in [2.75, 3.05) is 0 Å². The summed E-state index contributed by atoms with van der Waals surface area (Å²) in [4.78, 5) is 0. The molecule has 1 radical (unpaired) electrons. The van der Waals surface area contributed by atoms with Crippen LogP contribution in [0.5, 0.6) is 0 Å². The maximum absolute atomic E-state index is 2.36. The van der Waals surface area contributed by atoms with Crippen molar-refractivity contribution in [3.63, 3.8) is 0 Å². The molecule has 0 spiro atoms. The Kier molecular flexibility index (Phi) is 8.22. The second kappa shape index (κ2) is 8.89. The first kappa shape index (κ1) is 13.9. The Labute approximate surface area is 104 Å². The fourth-order valence-electron chi connectivity index (χ4n) is 2.85. The molecule has 1 fully saturated rings. The molecule has 1 heteroatoms. The summed E-state index contributed by atoms with van der Waals surface area (Å²) in [5, 5.41) is 0. The topological polar surface area (TPSA) is 0 Å². The van der Waals surface area contributed by atoms with Crippen LogP contribution in [0.2, 0.25) is 12.8 Å². The van der Waals surface area contributed by atoms with Gasteiger partial charge in [0, 0.05) is 0 Å². The molecule has 15 heavy (non-hydrogen) atoms. The molecule has 0 aromatic heterocycles. The van der Waals surface area contributed by atoms with Crippen LogP contribution in [-0.4, -0.2) is 19.8 Å². The van der Waals surface area contributed by atoms with Crippen molar-refractivity contribution in [2.45, 2.75) is 84.4 Å². The van der Waals surface area contributed by atoms with Gasteiger partial charge in [-0.05, 0) is 0 Å². The molecule has 0 saturated heterocycles. The first-order chi connectivity index (χ1) is 7.38. The maximum atomic E-state index is 2.36. The van der Waals surface area contributed by atoms with E-state index in [0.717, 1.165) is 0 Å². The Morgan fingerprint density at radius 2 is 1.40 bits per heavy atom. The molecule has 1 aliphatic rings. The average molecular weight is 316 g/mol. The molecule has 0 bridgehead atoms. The van der Waals surface area contributed by atoms with Crippen molar-refractivity contribution in [1.29, 1.82) is 0 Å². The van der Waals surface area contributed by atoms with Gasteiger partial charge in [0.25, 0.3) is 0 Å². The van der Waals surface area contributed by atoms with Gasteiger partial charge in [-0.2, -0.15) is 0 Å². The van der Waals surface area contributed by atoms with Crippen LogP contribution in [0.15, 0.2) is 0 Å². The van der Waals surface area contributed by atoms with E-state index in [1.165, 1.54) is 23.2 Å². The minimum atomic E-state index is -0.943. The molecular weight excluding hydrogens is 287 g/mol. The number of hydrogen-bond acceptors (Lipinski definition) is 0. The predicted octanol–water partition coefficient (Wildman–Crippen LogP) is 5.42. The summed E-state index contributed by atoms with van der Waals surface area (Å²) in [7, 11) is 0. The Morgan fingerprint density at radius 1 is 0.867 bits per heavy atom. The molecule has 0 unspecified atom stereocenters. The Hall–Kier alpha value is 0.799. The quantitative estimate of drug-likeness (QED) is 0.551. The molecule has 0 amide bonds.